The minimum atomic E-state index is -0.498. The quantitative estimate of drug-likeness (QED) is 0.294. The third-order valence-corrected chi connectivity index (χ3v) is 4.29. The van der Waals surface area contributed by atoms with Gasteiger partial charge in [-0.1, -0.05) is 12.1 Å². The maximum absolute atomic E-state index is 10.9. The molecule has 0 saturated carbocycles. The monoisotopic (exact) mass is 563 g/mol. The van der Waals surface area contributed by atoms with Gasteiger partial charge in [0.25, 0.3) is 5.91 Å². The Morgan fingerprint density at radius 3 is 2.75 bits per heavy atom. The summed E-state index contributed by atoms with van der Waals surface area (Å²) in [6.07, 6.45) is 2.03. The van der Waals surface area contributed by atoms with E-state index in [0.717, 1.165) is 29.1 Å². The first-order valence-corrected chi connectivity index (χ1v) is 9.48. The summed E-state index contributed by atoms with van der Waals surface area (Å²) in [6.45, 7) is 3.92. The number of carbonyl (C=O) groups excluding carboxylic acids is 1. The van der Waals surface area contributed by atoms with Crippen LogP contribution in [-0.2, 0) is 24.9 Å². The van der Waals surface area contributed by atoms with Gasteiger partial charge in [-0.25, -0.2) is 4.99 Å². The molecule has 1 amide bonds. The normalized spacial score (nSPS) is 10.9. The van der Waals surface area contributed by atoms with Crippen molar-refractivity contribution in [2.24, 2.45) is 17.8 Å². The predicted octanol–water partition coefficient (Wildman–Crippen LogP) is 2.87. The number of aryl methyl sites for hydroxylation is 1. The number of aromatic nitrogens is 1. The number of rotatable bonds is 8. The molecule has 2 rings (SSSR count). The van der Waals surface area contributed by atoms with Crippen molar-refractivity contribution in [3.63, 3.8) is 0 Å². The van der Waals surface area contributed by atoms with E-state index in [0.29, 0.717) is 12.3 Å². The van der Waals surface area contributed by atoms with Gasteiger partial charge in [0.1, 0.15) is 5.75 Å². The zero-order valence-electron chi connectivity index (χ0n) is 16.3. The van der Waals surface area contributed by atoms with Crippen molar-refractivity contribution in [3.05, 3.63) is 52.3 Å². The Labute approximate surface area is 191 Å². The van der Waals surface area contributed by atoms with Gasteiger partial charge in [0.05, 0.1) is 13.1 Å². The number of nitrogens with two attached hydrogens (primary N) is 1. The molecule has 154 valence electrons. The SMILES string of the molecule is CCNC(=NCc1cccc(OCC(N)=O)c1)N(C)Cc1cc(Br)cn1C.I. The van der Waals surface area contributed by atoms with Crippen molar-refractivity contribution in [2.75, 3.05) is 20.2 Å². The highest BCUT2D eigenvalue weighted by atomic mass is 127. The molecule has 9 heteroatoms. The third-order valence-electron chi connectivity index (χ3n) is 3.86. The summed E-state index contributed by atoms with van der Waals surface area (Å²) in [4.78, 5) is 17.6. The van der Waals surface area contributed by atoms with Crippen LogP contribution in [-0.4, -0.2) is 41.5 Å². The lowest BCUT2D eigenvalue weighted by Gasteiger charge is -2.22. The lowest BCUT2D eigenvalue weighted by atomic mass is 10.2. The van der Waals surface area contributed by atoms with Gasteiger partial charge >= 0.3 is 0 Å². The number of guanidine groups is 1. The fraction of sp³-hybridized carbons (Fsp3) is 0.368. The van der Waals surface area contributed by atoms with Crippen molar-refractivity contribution in [1.82, 2.24) is 14.8 Å². The first-order valence-electron chi connectivity index (χ1n) is 8.69. The smallest absolute Gasteiger partial charge is 0.255 e. The third kappa shape index (κ3) is 7.70. The van der Waals surface area contributed by atoms with E-state index in [-0.39, 0.29) is 30.6 Å². The highest BCUT2D eigenvalue weighted by molar-refractivity contribution is 14.0. The van der Waals surface area contributed by atoms with Gasteiger partial charge in [0, 0.05) is 37.0 Å². The number of halogens is 2. The van der Waals surface area contributed by atoms with Crippen molar-refractivity contribution >= 4 is 51.8 Å². The van der Waals surface area contributed by atoms with Crippen LogP contribution in [0.25, 0.3) is 0 Å². The largest absolute Gasteiger partial charge is 0.484 e. The number of aliphatic imine (C=N–C) groups is 1. The Bertz CT molecular complexity index is 809. The number of nitrogens with zero attached hydrogens (tertiary/aromatic N) is 3. The Morgan fingerprint density at radius 1 is 1.39 bits per heavy atom. The Kier molecular flexibility index (Phi) is 10.4. The molecule has 0 aliphatic carbocycles. The van der Waals surface area contributed by atoms with E-state index in [4.69, 9.17) is 15.5 Å². The second kappa shape index (κ2) is 11.9. The van der Waals surface area contributed by atoms with Gasteiger partial charge in [0.2, 0.25) is 0 Å². The molecule has 0 saturated heterocycles. The van der Waals surface area contributed by atoms with Crippen LogP contribution < -0.4 is 15.8 Å². The summed E-state index contributed by atoms with van der Waals surface area (Å²) >= 11 is 3.50. The molecule has 2 aromatic rings. The molecular formula is C19H27BrIN5O2. The molecule has 1 aromatic carbocycles. The Hall–Kier alpha value is -1.75. The molecule has 0 radical (unpaired) electrons. The molecule has 7 nitrogen and oxygen atoms in total. The van der Waals surface area contributed by atoms with E-state index in [1.807, 2.05) is 45.4 Å². The van der Waals surface area contributed by atoms with E-state index < -0.39 is 5.91 Å². The highest BCUT2D eigenvalue weighted by Crippen LogP contribution is 2.16. The van der Waals surface area contributed by atoms with Crippen molar-refractivity contribution in [2.45, 2.75) is 20.0 Å². The molecule has 28 heavy (non-hydrogen) atoms. The Morgan fingerprint density at radius 2 is 2.14 bits per heavy atom. The highest BCUT2D eigenvalue weighted by Gasteiger charge is 2.10. The number of hydrogen-bond acceptors (Lipinski definition) is 3. The van der Waals surface area contributed by atoms with Crippen molar-refractivity contribution in [1.29, 1.82) is 0 Å². The molecular weight excluding hydrogens is 537 g/mol. The van der Waals surface area contributed by atoms with E-state index in [9.17, 15) is 4.79 Å². The average Bonchev–Trinajstić information content (AvgIpc) is 2.94. The molecule has 1 heterocycles. The second-order valence-corrected chi connectivity index (χ2v) is 7.10. The number of amides is 1. The van der Waals surface area contributed by atoms with Gasteiger partial charge < -0.3 is 25.3 Å². The van der Waals surface area contributed by atoms with Gasteiger partial charge in [-0.2, -0.15) is 0 Å². The van der Waals surface area contributed by atoms with Crippen LogP contribution in [0.4, 0.5) is 0 Å². The van der Waals surface area contributed by atoms with Gasteiger partial charge in [-0.15, -0.1) is 24.0 Å². The minimum Gasteiger partial charge on any atom is -0.484 e. The van der Waals surface area contributed by atoms with Crippen LogP contribution in [0.1, 0.15) is 18.2 Å². The summed E-state index contributed by atoms with van der Waals surface area (Å²) in [5.41, 5.74) is 7.28. The number of carbonyl (C=O) groups is 1. The van der Waals surface area contributed by atoms with E-state index in [2.05, 4.69) is 36.8 Å². The predicted molar refractivity (Wildman–Crippen MR) is 126 cm³/mol. The number of ether oxygens (including phenoxy) is 1. The van der Waals surface area contributed by atoms with Crippen LogP contribution in [0.2, 0.25) is 0 Å². The molecule has 1 aromatic heterocycles. The lowest BCUT2D eigenvalue weighted by Crippen LogP contribution is -2.38. The summed E-state index contributed by atoms with van der Waals surface area (Å²) < 4.78 is 8.49. The molecule has 0 unspecified atom stereocenters. The standard InChI is InChI=1S/C19H26BrN5O2.HI/c1-4-22-19(25(3)12-16-9-15(20)11-24(16)2)23-10-14-6-5-7-17(8-14)27-13-18(21)26;/h5-9,11H,4,10,12-13H2,1-3H3,(H2,21,26)(H,22,23);1H. The summed E-state index contributed by atoms with van der Waals surface area (Å²) in [5.74, 6) is 0.925. The molecule has 0 bridgehead atoms. The van der Waals surface area contributed by atoms with Crippen molar-refractivity contribution < 1.29 is 9.53 Å². The molecule has 0 fully saturated rings. The number of primary amides is 1. The Balaban J connectivity index is 0.00000392. The van der Waals surface area contributed by atoms with E-state index in [1.54, 1.807) is 6.07 Å². The minimum absolute atomic E-state index is 0. The van der Waals surface area contributed by atoms with Crippen LogP contribution in [0.15, 0.2) is 46.0 Å². The zero-order chi connectivity index (χ0) is 19.8. The van der Waals surface area contributed by atoms with Gasteiger partial charge in [-0.3, -0.25) is 4.79 Å². The van der Waals surface area contributed by atoms with Crippen LogP contribution >= 0.6 is 39.9 Å². The fourth-order valence-electron chi connectivity index (χ4n) is 2.57. The second-order valence-electron chi connectivity index (χ2n) is 6.19. The number of benzene rings is 1. The van der Waals surface area contributed by atoms with Crippen LogP contribution in [0.5, 0.6) is 5.75 Å². The average molecular weight is 564 g/mol. The molecule has 3 N–H and O–H groups in total. The number of nitrogens with one attached hydrogen (secondary N) is 1. The maximum atomic E-state index is 10.9. The molecule has 0 atom stereocenters. The van der Waals surface area contributed by atoms with Gasteiger partial charge in [0.15, 0.2) is 12.6 Å². The number of hydrogen-bond donors (Lipinski definition) is 2. The molecule has 0 spiro atoms. The van der Waals surface area contributed by atoms with Crippen LogP contribution in [0.3, 0.4) is 0 Å². The summed E-state index contributed by atoms with van der Waals surface area (Å²) in [6, 6.07) is 9.60. The topological polar surface area (TPSA) is 84.9 Å². The first-order chi connectivity index (χ1) is 12.9. The first kappa shape index (κ1) is 24.3. The summed E-state index contributed by atoms with van der Waals surface area (Å²) in [7, 11) is 4.03. The van der Waals surface area contributed by atoms with Crippen LogP contribution in [0, 0.1) is 0 Å². The zero-order valence-corrected chi connectivity index (χ0v) is 20.2. The van der Waals surface area contributed by atoms with Gasteiger partial charge in [-0.05, 0) is 46.6 Å². The summed E-state index contributed by atoms with van der Waals surface area (Å²) in [5, 5.41) is 3.32. The fourth-order valence-corrected chi connectivity index (χ4v) is 3.14. The van der Waals surface area contributed by atoms with E-state index >= 15 is 0 Å². The molecule has 0 aliphatic heterocycles. The van der Waals surface area contributed by atoms with Crippen molar-refractivity contribution in [3.8, 4) is 5.75 Å². The maximum Gasteiger partial charge on any atom is 0.255 e. The van der Waals surface area contributed by atoms with E-state index in [1.165, 1.54) is 5.69 Å². The lowest BCUT2D eigenvalue weighted by molar-refractivity contribution is -0.119. The molecule has 0 aliphatic rings.